The Balaban J connectivity index is 1.80. The van der Waals surface area contributed by atoms with Crippen LogP contribution in [0, 0.1) is 5.92 Å². The van der Waals surface area contributed by atoms with Gasteiger partial charge in [-0.2, -0.15) is 0 Å². The summed E-state index contributed by atoms with van der Waals surface area (Å²) in [6, 6.07) is 10.0. The number of amides is 1. The van der Waals surface area contributed by atoms with Crippen LogP contribution in [0.15, 0.2) is 30.3 Å². The van der Waals surface area contributed by atoms with E-state index in [9.17, 15) is 4.79 Å². The number of carbonyl (C=O) groups excluding carboxylic acids is 1. The molecule has 128 valence electrons. The molecular formula is C19H30N2O2. The molecule has 23 heavy (non-hydrogen) atoms. The zero-order valence-electron chi connectivity index (χ0n) is 14.5. The van der Waals surface area contributed by atoms with Crippen molar-refractivity contribution in [2.45, 2.75) is 52.2 Å². The number of nitrogens with one attached hydrogen (secondary N) is 1. The highest BCUT2D eigenvalue weighted by atomic mass is 16.5. The van der Waals surface area contributed by atoms with Crippen LogP contribution in [-0.2, 0) is 11.3 Å². The number of hydrogen-bond acceptors (Lipinski definition) is 3. The molecule has 4 heteroatoms. The summed E-state index contributed by atoms with van der Waals surface area (Å²) >= 11 is 0. The molecule has 1 amide bonds. The smallest absolute Gasteiger partial charge is 0.407 e. The van der Waals surface area contributed by atoms with E-state index in [2.05, 4.69) is 24.1 Å². The second-order valence-corrected chi connectivity index (χ2v) is 6.55. The van der Waals surface area contributed by atoms with Gasteiger partial charge in [-0.15, -0.1) is 0 Å². The lowest BCUT2D eigenvalue weighted by Gasteiger charge is -2.37. The molecule has 0 bridgehead atoms. The van der Waals surface area contributed by atoms with Crippen LogP contribution in [0.2, 0.25) is 0 Å². The number of rotatable bonds is 7. The Kier molecular flexibility index (Phi) is 7.40. The molecule has 0 spiro atoms. The molecule has 1 aromatic rings. The topological polar surface area (TPSA) is 41.6 Å². The summed E-state index contributed by atoms with van der Waals surface area (Å²) in [4.78, 5) is 14.5. The minimum atomic E-state index is -0.299. The van der Waals surface area contributed by atoms with Gasteiger partial charge in [0, 0.05) is 19.1 Å². The highest BCUT2D eigenvalue weighted by Gasteiger charge is 2.27. The standard InChI is InChI=1S/C19H30N2O2/c1-3-8-17-12-18(14-21(13-17)11-4-2)20-19(22)23-15-16-9-6-5-7-10-16/h5-7,9-10,17-18H,3-4,8,11-15H2,1-2H3,(H,20,22). The van der Waals surface area contributed by atoms with Gasteiger partial charge in [0.05, 0.1) is 0 Å². The predicted molar refractivity (Wildman–Crippen MR) is 93.3 cm³/mol. The van der Waals surface area contributed by atoms with Crippen molar-refractivity contribution in [2.24, 2.45) is 5.92 Å². The van der Waals surface area contributed by atoms with Crippen LogP contribution in [0.25, 0.3) is 0 Å². The van der Waals surface area contributed by atoms with E-state index in [1.54, 1.807) is 0 Å². The number of piperidine rings is 1. The Morgan fingerprint density at radius 3 is 2.70 bits per heavy atom. The Bertz CT molecular complexity index is 450. The molecule has 0 saturated carbocycles. The molecule has 1 aliphatic heterocycles. The highest BCUT2D eigenvalue weighted by Crippen LogP contribution is 2.21. The van der Waals surface area contributed by atoms with Crippen LogP contribution < -0.4 is 5.32 Å². The lowest BCUT2D eigenvalue weighted by Crippen LogP contribution is -2.51. The van der Waals surface area contributed by atoms with E-state index >= 15 is 0 Å². The molecule has 1 aromatic carbocycles. The SMILES string of the molecule is CCCC1CC(NC(=O)OCc2ccccc2)CN(CCC)C1. The quantitative estimate of drug-likeness (QED) is 0.831. The molecule has 1 saturated heterocycles. The molecule has 2 atom stereocenters. The maximum absolute atomic E-state index is 12.1. The second kappa shape index (κ2) is 9.56. The van der Waals surface area contributed by atoms with Crippen LogP contribution in [0.3, 0.4) is 0 Å². The van der Waals surface area contributed by atoms with E-state index in [0.717, 1.165) is 31.5 Å². The highest BCUT2D eigenvalue weighted by molar-refractivity contribution is 5.67. The van der Waals surface area contributed by atoms with Gasteiger partial charge in [-0.05, 0) is 37.3 Å². The first-order valence-electron chi connectivity index (χ1n) is 8.90. The number of ether oxygens (including phenoxy) is 1. The Morgan fingerprint density at radius 2 is 2.00 bits per heavy atom. The minimum absolute atomic E-state index is 0.204. The summed E-state index contributed by atoms with van der Waals surface area (Å²) in [6.07, 6.45) is 4.36. The molecule has 4 nitrogen and oxygen atoms in total. The van der Waals surface area contributed by atoms with Crippen LogP contribution in [0.1, 0.15) is 45.1 Å². The average Bonchev–Trinajstić information content (AvgIpc) is 2.54. The molecular weight excluding hydrogens is 288 g/mol. The minimum Gasteiger partial charge on any atom is -0.445 e. The summed E-state index contributed by atoms with van der Waals surface area (Å²) in [5.74, 6) is 0.680. The molecule has 1 N–H and O–H groups in total. The van der Waals surface area contributed by atoms with E-state index in [4.69, 9.17) is 4.74 Å². The molecule has 1 fully saturated rings. The molecule has 2 unspecified atom stereocenters. The van der Waals surface area contributed by atoms with Crippen molar-refractivity contribution in [1.82, 2.24) is 10.2 Å². The van der Waals surface area contributed by atoms with Crippen molar-refractivity contribution >= 4 is 6.09 Å². The summed E-state index contributed by atoms with van der Waals surface area (Å²) in [5, 5.41) is 3.06. The Morgan fingerprint density at radius 1 is 1.22 bits per heavy atom. The van der Waals surface area contributed by atoms with Gasteiger partial charge in [-0.1, -0.05) is 50.6 Å². The fourth-order valence-electron chi connectivity index (χ4n) is 3.46. The van der Waals surface area contributed by atoms with Gasteiger partial charge in [0.1, 0.15) is 6.61 Å². The third-order valence-corrected chi connectivity index (χ3v) is 4.38. The maximum atomic E-state index is 12.1. The van der Waals surface area contributed by atoms with Gasteiger partial charge >= 0.3 is 6.09 Å². The van der Waals surface area contributed by atoms with Gasteiger partial charge in [0.2, 0.25) is 0 Å². The van der Waals surface area contributed by atoms with Crippen LogP contribution in [-0.4, -0.2) is 36.7 Å². The van der Waals surface area contributed by atoms with Crippen molar-refractivity contribution < 1.29 is 9.53 Å². The van der Waals surface area contributed by atoms with Crippen molar-refractivity contribution in [3.63, 3.8) is 0 Å². The van der Waals surface area contributed by atoms with Crippen molar-refractivity contribution in [1.29, 1.82) is 0 Å². The second-order valence-electron chi connectivity index (χ2n) is 6.55. The molecule has 1 heterocycles. The largest absolute Gasteiger partial charge is 0.445 e. The van der Waals surface area contributed by atoms with E-state index in [0.29, 0.717) is 12.5 Å². The fourth-order valence-corrected chi connectivity index (χ4v) is 3.46. The third-order valence-electron chi connectivity index (χ3n) is 4.38. The number of hydrogen-bond donors (Lipinski definition) is 1. The van der Waals surface area contributed by atoms with Gasteiger partial charge < -0.3 is 15.0 Å². The van der Waals surface area contributed by atoms with Crippen molar-refractivity contribution in [2.75, 3.05) is 19.6 Å². The van der Waals surface area contributed by atoms with E-state index < -0.39 is 0 Å². The zero-order valence-corrected chi connectivity index (χ0v) is 14.5. The fraction of sp³-hybridized carbons (Fsp3) is 0.632. The molecule has 0 aliphatic carbocycles. The zero-order chi connectivity index (χ0) is 16.5. The molecule has 2 rings (SSSR count). The average molecular weight is 318 g/mol. The summed E-state index contributed by atoms with van der Waals surface area (Å²) in [7, 11) is 0. The van der Waals surface area contributed by atoms with E-state index in [1.165, 1.54) is 19.4 Å². The molecule has 1 aliphatic rings. The number of carbonyl (C=O) groups is 1. The van der Waals surface area contributed by atoms with E-state index in [-0.39, 0.29) is 12.1 Å². The number of benzene rings is 1. The third kappa shape index (κ3) is 6.22. The molecule has 0 aromatic heterocycles. The summed E-state index contributed by atoms with van der Waals surface area (Å²) in [5.41, 5.74) is 1.02. The van der Waals surface area contributed by atoms with Crippen LogP contribution >= 0.6 is 0 Å². The van der Waals surface area contributed by atoms with Gasteiger partial charge in [0.15, 0.2) is 0 Å². The predicted octanol–water partition coefficient (Wildman–Crippen LogP) is 3.81. The number of nitrogens with zero attached hydrogens (tertiary/aromatic N) is 1. The van der Waals surface area contributed by atoms with Crippen molar-refractivity contribution in [3.8, 4) is 0 Å². The first-order chi connectivity index (χ1) is 11.2. The normalized spacial score (nSPS) is 21.8. The lowest BCUT2D eigenvalue weighted by molar-refractivity contribution is 0.108. The summed E-state index contributed by atoms with van der Waals surface area (Å²) in [6.45, 7) is 7.98. The monoisotopic (exact) mass is 318 g/mol. The maximum Gasteiger partial charge on any atom is 0.407 e. The van der Waals surface area contributed by atoms with Gasteiger partial charge in [-0.25, -0.2) is 4.79 Å². The first-order valence-corrected chi connectivity index (χ1v) is 8.90. The van der Waals surface area contributed by atoms with Crippen molar-refractivity contribution in [3.05, 3.63) is 35.9 Å². The van der Waals surface area contributed by atoms with Crippen LogP contribution in [0.4, 0.5) is 4.79 Å². The van der Waals surface area contributed by atoms with Gasteiger partial charge in [0.25, 0.3) is 0 Å². The lowest BCUT2D eigenvalue weighted by atomic mass is 9.90. The number of likely N-dealkylation sites (tertiary alicyclic amines) is 1. The Labute approximate surface area is 140 Å². The van der Waals surface area contributed by atoms with Gasteiger partial charge in [-0.3, -0.25) is 0 Å². The first kappa shape index (κ1) is 17.8. The van der Waals surface area contributed by atoms with Crippen LogP contribution in [0.5, 0.6) is 0 Å². The molecule has 0 radical (unpaired) electrons. The number of alkyl carbamates (subject to hydrolysis) is 1. The van der Waals surface area contributed by atoms with E-state index in [1.807, 2.05) is 30.3 Å². The summed E-state index contributed by atoms with van der Waals surface area (Å²) < 4.78 is 5.35. The Hall–Kier alpha value is -1.55.